The van der Waals surface area contributed by atoms with Crippen LogP contribution in [0.5, 0.6) is 0 Å². The van der Waals surface area contributed by atoms with Gasteiger partial charge in [0.1, 0.15) is 5.82 Å². The van der Waals surface area contributed by atoms with Gasteiger partial charge in [-0.15, -0.1) is 0 Å². The van der Waals surface area contributed by atoms with Crippen molar-refractivity contribution in [3.05, 3.63) is 40.8 Å². The molecular weight excluding hydrogens is 436 g/mol. The van der Waals surface area contributed by atoms with Crippen LogP contribution in [0, 0.1) is 0 Å². The zero-order chi connectivity index (χ0) is 19.8. The van der Waals surface area contributed by atoms with E-state index in [0.29, 0.717) is 31.7 Å². The number of nitrogens with zero attached hydrogens (tertiary/aromatic N) is 6. The Labute approximate surface area is 175 Å². The smallest absolute Gasteiger partial charge is 0.231 e. The summed E-state index contributed by atoms with van der Waals surface area (Å²) in [6, 6.07) is 8.24. The molecule has 0 amide bonds. The Hall–Kier alpha value is -2.72. The van der Waals surface area contributed by atoms with Gasteiger partial charge in [-0.3, -0.25) is 0 Å². The average molecular weight is 457 g/mol. The Morgan fingerprint density at radius 1 is 1.28 bits per heavy atom. The van der Waals surface area contributed by atoms with Crippen LogP contribution in [0.1, 0.15) is 19.2 Å². The van der Waals surface area contributed by atoms with E-state index in [-0.39, 0.29) is 6.04 Å². The van der Waals surface area contributed by atoms with Crippen LogP contribution in [-0.2, 0) is 11.3 Å². The molecule has 0 radical (unpaired) electrons. The van der Waals surface area contributed by atoms with Crippen LogP contribution < -0.4 is 10.2 Å². The summed E-state index contributed by atoms with van der Waals surface area (Å²) in [6.07, 6.45) is 2.70. The van der Waals surface area contributed by atoms with E-state index in [1.54, 1.807) is 10.7 Å². The van der Waals surface area contributed by atoms with Gasteiger partial charge < -0.3 is 19.9 Å². The molecule has 3 aromatic heterocycles. The number of H-pyrrole nitrogens is 1. The number of imidazole rings is 1. The lowest BCUT2D eigenvalue weighted by Crippen LogP contribution is -2.46. The minimum Gasteiger partial charge on any atom is -0.377 e. The predicted molar refractivity (Wildman–Crippen MR) is 114 cm³/mol. The molecule has 2 N–H and O–H groups in total. The Balaban J connectivity index is 1.48. The molecule has 5 rings (SSSR count). The van der Waals surface area contributed by atoms with Crippen molar-refractivity contribution in [1.82, 2.24) is 29.5 Å². The van der Waals surface area contributed by atoms with Gasteiger partial charge in [-0.2, -0.15) is 19.6 Å². The van der Waals surface area contributed by atoms with Gasteiger partial charge >= 0.3 is 0 Å². The molecule has 10 heteroatoms. The van der Waals surface area contributed by atoms with Gasteiger partial charge in [0.25, 0.3) is 0 Å². The van der Waals surface area contributed by atoms with Crippen molar-refractivity contribution in [2.75, 3.05) is 30.0 Å². The second-order valence-electron chi connectivity index (χ2n) is 6.96. The van der Waals surface area contributed by atoms with Crippen LogP contribution in [0.3, 0.4) is 0 Å². The number of hydrogen-bond acceptors (Lipinski definition) is 7. The fraction of sp³-hybridized carbons (Fsp3) is 0.368. The van der Waals surface area contributed by atoms with Crippen molar-refractivity contribution < 1.29 is 4.74 Å². The third-order valence-electron chi connectivity index (χ3n) is 5.12. The second-order valence-corrected chi connectivity index (χ2v) is 7.81. The summed E-state index contributed by atoms with van der Waals surface area (Å²) in [7, 11) is 0. The van der Waals surface area contributed by atoms with E-state index in [1.165, 1.54) is 0 Å². The fourth-order valence-corrected chi connectivity index (χ4v) is 3.94. The molecule has 1 aromatic carbocycles. The van der Waals surface area contributed by atoms with Gasteiger partial charge in [-0.25, -0.2) is 4.98 Å². The van der Waals surface area contributed by atoms with Crippen molar-refractivity contribution in [3.8, 4) is 0 Å². The molecule has 0 spiro atoms. The molecule has 1 unspecified atom stereocenters. The number of hydrogen-bond donors (Lipinski definition) is 2. The summed E-state index contributed by atoms with van der Waals surface area (Å²) in [5.41, 5.74) is 2.68. The number of aromatic amines is 1. The maximum absolute atomic E-state index is 5.63. The lowest BCUT2D eigenvalue weighted by Gasteiger charge is -2.35. The summed E-state index contributed by atoms with van der Waals surface area (Å²) in [5, 5.41) is 7.77. The molecule has 1 saturated heterocycles. The normalized spacial score (nSPS) is 17.3. The lowest BCUT2D eigenvalue weighted by atomic mass is 10.2. The Kier molecular flexibility index (Phi) is 4.80. The third-order valence-corrected chi connectivity index (χ3v) is 5.68. The summed E-state index contributed by atoms with van der Waals surface area (Å²) in [4.78, 5) is 19.7. The van der Waals surface area contributed by atoms with Gasteiger partial charge in [0.2, 0.25) is 11.9 Å². The zero-order valence-electron chi connectivity index (χ0n) is 16.0. The topological polar surface area (TPSA) is 96.3 Å². The van der Waals surface area contributed by atoms with Crippen molar-refractivity contribution in [2.24, 2.45) is 0 Å². The number of ether oxygens (including phenoxy) is 1. The molecule has 1 atom stereocenters. The van der Waals surface area contributed by atoms with Gasteiger partial charge in [0, 0.05) is 6.54 Å². The maximum atomic E-state index is 5.63. The van der Waals surface area contributed by atoms with Crippen LogP contribution in [0.2, 0.25) is 0 Å². The average Bonchev–Trinajstić information content (AvgIpc) is 3.35. The molecule has 1 fully saturated rings. The third kappa shape index (κ3) is 3.42. The molecule has 150 valence electrons. The molecule has 29 heavy (non-hydrogen) atoms. The van der Waals surface area contributed by atoms with E-state index < -0.39 is 0 Å². The number of aromatic nitrogens is 6. The predicted octanol–water partition coefficient (Wildman–Crippen LogP) is 2.99. The van der Waals surface area contributed by atoms with E-state index in [9.17, 15) is 0 Å². The van der Waals surface area contributed by atoms with Crippen molar-refractivity contribution in [1.29, 1.82) is 0 Å². The fourth-order valence-electron chi connectivity index (χ4n) is 3.59. The van der Waals surface area contributed by atoms with E-state index in [4.69, 9.17) is 14.7 Å². The highest BCUT2D eigenvalue weighted by Gasteiger charge is 2.25. The SMILES string of the molecule is CCC1COCCN1c1nc(NCc2nc3ccccc3[nH]2)n2ncc(Br)c2n1. The maximum Gasteiger partial charge on any atom is 0.231 e. The van der Waals surface area contributed by atoms with Gasteiger partial charge in [-0.1, -0.05) is 19.1 Å². The van der Waals surface area contributed by atoms with E-state index in [1.807, 2.05) is 24.3 Å². The highest BCUT2D eigenvalue weighted by Crippen LogP contribution is 2.24. The van der Waals surface area contributed by atoms with Crippen LogP contribution in [0.15, 0.2) is 34.9 Å². The zero-order valence-corrected chi connectivity index (χ0v) is 17.6. The number of rotatable bonds is 5. The lowest BCUT2D eigenvalue weighted by molar-refractivity contribution is 0.0921. The highest BCUT2D eigenvalue weighted by molar-refractivity contribution is 9.10. The number of morpholine rings is 1. The highest BCUT2D eigenvalue weighted by atomic mass is 79.9. The van der Waals surface area contributed by atoms with Crippen LogP contribution in [-0.4, -0.2) is 55.4 Å². The minimum absolute atomic E-state index is 0.260. The first kappa shape index (κ1) is 18.3. The van der Waals surface area contributed by atoms with E-state index >= 15 is 0 Å². The van der Waals surface area contributed by atoms with Crippen LogP contribution >= 0.6 is 15.9 Å². The largest absolute Gasteiger partial charge is 0.377 e. The minimum atomic E-state index is 0.260. The van der Waals surface area contributed by atoms with Gasteiger partial charge in [0.15, 0.2) is 5.65 Å². The van der Waals surface area contributed by atoms with Gasteiger partial charge in [0.05, 0.1) is 47.5 Å². The standard InChI is InChI=1S/C19H21BrN8O/c1-2-12-11-29-8-7-27(12)19-25-17-13(20)9-22-28(17)18(26-19)21-10-16-23-14-5-3-4-6-15(14)24-16/h3-6,9,12H,2,7-8,10-11H2,1H3,(H,23,24)(H,21,25,26). The molecule has 1 aliphatic heterocycles. The first-order valence-corrected chi connectivity index (χ1v) is 10.5. The molecule has 4 aromatic rings. The summed E-state index contributed by atoms with van der Waals surface area (Å²) in [6.45, 7) is 4.78. The number of para-hydroxylation sites is 2. The number of benzene rings is 1. The van der Waals surface area contributed by atoms with E-state index in [0.717, 1.165) is 39.9 Å². The molecular formula is C19H21BrN8O. The van der Waals surface area contributed by atoms with Crippen LogP contribution in [0.4, 0.5) is 11.9 Å². The molecule has 9 nitrogen and oxygen atoms in total. The second kappa shape index (κ2) is 7.60. The van der Waals surface area contributed by atoms with E-state index in [2.05, 4.69) is 48.1 Å². The Bertz CT molecular complexity index is 1120. The first-order valence-electron chi connectivity index (χ1n) is 9.66. The quantitative estimate of drug-likeness (QED) is 0.476. The van der Waals surface area contributed by atoms with Crippen molar-refractivity contribution >= 4 is 44.5 Å². The Morgan fingerprint density at radius 3 is 3.03 bits per heavy atom. The summed E-state index contributed by atoms with van der Waals surface area (Å²) < 4.78 is 8.17. The number of fused-ring (bicyclic) bond motifs is 2. The Morgan fingerprint density at radius 2 is 2.17 bits per heavy atom. The molecule has 0 saturated carbocycles. The summed E-state index contributed by atoms with van der Waals surface area (Å²) >= 11 is 3.55. The molecule has 0 aliphatic carbocycles. The first-order chi connectivity index (χ1) is 14.2. The molecule has 1 aliphatic rings. The summed E-state index contributed by atoms with van der Waals surface area (Å²) in [5.74, 6) is 2.14. The number of halogens is 1. The number of nitrogens with one attached hydrogen (secondary N) is 2. The monoisotopic (exact) mass is 456 g/mol. The molecule has 0 bridgehead atoms. The van der Waals surface area contributed by atoms with Crippen molar-refractivity contribution in [2.45, 2.75) is 25.9 Å². The van der Waals surface area contributed by atoms with Crippen LogP contribution in [0.25, 0.3) is 16.7 Å². The van der Waals surface area contributed by atoms with Gasteiger partial charge in [-0.05, 0) is 34.5 Å². The molecule has 4 heterocycles. The number of anilines is 2. The van der Waals surface area contributed by atoms with Crippen molar-refractivity contribution in [3.63, 3.8) is 0 Å².